The number of nitrogens with one attached hydrogen (secondary N) is 2. The van der Waals surface area contributed by atoms with Crippen LogP contribution in [0.2, 0.25) is 0 Å². The van der Waals surface area contributed by atoms with Crippen LogP contribution in [0.1, 0.15) is 59.2 Å². The molecular weight excluding hydrogens is 318 g/mol. The number of rotatable bonds is 11. The molecule has 0 saturated carbocycles. The average Bonchev–Trinajstić information content (AvgIpc) is 3.03. The predicted molar refractivity (Wildman–Crippen MR) is 99.9 cm³/mol. The summed E-state index contributed by atoms with van der Waals surface area (Å²) in [5.41, 5.74) is 6.80. The van der Waals surface area contributed by atoms with E-state index >= 15 is 0 Å². The van der Waals surface area contributed by atoms with Crippen molar-refractivity contribution in [3.05, 3.63) is 17.8 Å². The van der Waals surface area contributed by atoms with Crippen LogP contribution >= 0.6 is 0 Å². The van der Waals surface area contributed by atoms with Crippen LogP contribution in [-0.2, 0) is 11.2 Å². The molecule has 7 heteroatoms. The van der Waals surface area contributed by atoms with Gasteiger partial charge in [0.15, 0.2) is 5.82 Å². The number of allylic oxidation sites excluding steroid dienone is 2. The average molecular weight is 351 g/mol. The quantitative estimate of drug-likeness (QED) is 0.526. The van der Waals surface area contributed by atoms with Gasteiger partial charge >= 0.3 is 0 Å². The van der Waals surface area contributed by atoms with Crippen molar-refractivity contribution in [2.75, 3.05) is 19.6 Å². The van der Waals surface area contributed by atoms with E-state index in [1.165, 1.54) is 0 Å². The fourth-order valence-corrected chi connectivity index (χ4v) is 1.98. The molecule has 0 aromatic carbocycles. The third kappa shape index (κ3) is 8.27. The van der Waals surface area contributed by atoms with E-state index in [1.54, 1.807) is 0 Å². The Morgan fingerprint density at radius 2 is 2.12 bits per heavy atom. The largest absolute Gasteiger partial charge is 0.356 e. The molecule has 7 nitrogen and oxygen atoms in total. The molecule has 4 N–H and O–H groups in total. The van der Waals surface area contributed by atoms with Gasteiger partial charge in [-0.05, 0) is 53.1 Å². The maximum absolute atomic E-state index is 11.8. The van der Waals surface area contributed by atoms with Gasteiger partial charge in [-0.3, -0.25) is 4.79 Å². The van der Waals surface area contributed by atoms with Gasteiger partial charge in [0.05, 0.1) is 0 Å². The highest BCUT2D eigenvalue weighted by atomic mass is 16.5. The zero-order valence-electron chi connectivity index (χ0n) is 16.2. The Hall–Kier alpha value is -1.73. The molecule has 0 fully saturated rings. The Balaban J connectivity index is 2.12. The monoisotopic (exact) mass is 351 g/mol. The number of hydrogen-bond donors (Lipinski definition) is 3. The first-order chi connectivity index (χ1) is 11.7. The van der Waals surface area contributed by atoms with Crippen LogP contribution in [0.5, 0.6) is 0 Å². The summed E-state index contributed by atoms with van der Waals surface area (Å²) in [5, 5.41) is 10.2. The van der Waals surface area contributed by atoms with Gasteiger partial charge < -0.3 is 20.9 Å². The molecule has 1 atom stereocenters. The molecule has 1 amide bonds. The third-order valence-electron chi connectivity index (χ3n) is 4.39. The summed E-state index contributed by atoms with van der Waals surface area (Å²) in [4.78, 5) is 16.1. The number of aryl methyl sites for hydroxylation is 1. The lowest BCUT2D eigenvalue weighted by Gasteiger charge is -2.27. The Bertz CT molecular complexity index is 560. The Morgan fingerprint density at radius 3 is 2.76 bits per heavy atom. The molecule has 0 radical (unpaired) electrons. The van der Waals surface area contributed by atoms with Crippen LogP contribution < -0.4 is 16.4 Å². The molecule has 142 valence electrons. The number of nitrogens with zero attached hydrogens (tertiary/aromatic N) is 2. The summed E-state index contributed by atoms with van der Waals surface area (Å²) in [5.74, 6) is 1.48. The molecule has 0 aliphatic heterocycles. The highest BCUT2D eigenvalue weighted by Gasteiger charge is 2.19. The normalized spacial score (nSPS) is 13.8. The first-order valence-electron chi connectivity index (χ1n) is 8.96. The molecule has 25 heavy (non-hydrogen) atoms. The maximum Gasteiger partial charge on any atom is 0.253 e. The summed E-state index contributed by atoms with van der Waals surface area (Å²) in [6.07, 6.45) is 3.64. The number of hydrogen-bond acceptors (Lipinski definition) is 6. The van der Waals surface area contributed by atoms with E-state index < -0.39 is 0 Å². The lowest BCUT2D eigenvalue weighted by atomic mass is 9.90. The molecule has 1 aromatic heterocycles. The van der Waals surface area contributed by atoms with Crippen LogP contribution in [0, 0.1) is 5.92 Å². The number of aromatic nitrogens is 2. The van der Waals surface area contributed by atoms with Gasteiger partial charge in [-0.25, -0.2) is 0 Å². The molecular formula is C18H33N5O2. The number of nitrogens with two attached hydrogens (primary N) is 1. The second-order valence-corrected chi connectivity index (χ2v) is 7.12. The lowest BCUT2D eigenvalue weighted by Crippen LogP contribution is -2.44. The van der Waals surface area contributed by atoms with Crippen molar-refractivity contribution in [2.24, 2.45) is 11.7 Å². The van der Waals surface area contributed by atoms with Crippen LogP contribution in [0.25, 0.3) is 5.57 Å². The Morgan fingerprint density at radius 1 is 1.40 bits per heavy atom. The fourth-order valence-electron chi connectivity index (χ4n) is 1.98. The number of carbonyl (C=O) groups excluding carboxylic acids is 1. The lowest BCUT2D eigenvalue weighted by molar-refractivity contribution is -0.121. The minimum Gasteiger partial charge on any atom is -0.356 e. The van der Waals surface area contributed by atoms with Gasteiger partial charge in [0, 0.05) is 30.5 Å². The molecule has 1 heterocycles. The van der Waals surface area contributed by atoms with Gasteiger partial charge in [0.1, 0.15) is 0 Å². The summed E-state index contributed by atoms with van der Waals surface area (Å²) < 4.78 is 5.14. The van der Waals surface area contributed by atoms with E-state index in [4.69, 9.17) is 10.3 Å². The zero-order chi connectivity index (χ0) is 18.9. The zero-order valence-corrected chi connectivity index (χ0v) is 16.2. The van der Waals surface area contributed by atoms with Crippen molar-refractivity contribution < 1.29 is 9.32 Å². The van der Waals surface area contributed by atoms with Crippen molar-refractivity contribution in [1.82, 2.24) is 20.8 Å². The molecule has 1 aromatic rings. The molecule has 0 aliphatic rings. The summed E-state index contributed by atoms with van der Waals surface area (Å²) in [7, 11) is 0. The first kappa shape index (κ1) is 21.3. The minimum absolute atomic E-state index is 0.00515. The highest BCUT2D eigenvalue weighted by molar-refractivity contribution is 5.76. The van der Waals surface area contributed by atoms with Crippen molar-refractivity contribution in [3.8, 4) is 0 Å². The van der Waals surface area contributed by atoms with Gasteiger partial charge in [-0.2, -0.15) is 4.98 Å². The van der Waals surface area contributed by atoms with Crippen molar-refractivity contribution in [3.63, 3.8) is 0 Å². The van der Waals surface area contributed by atoms with E-state index in [1.807, 2.05) is 33.8 Å². The van der Waals surface area contributed by atoms with E-state index in [-0.39, 0.29) is 11.4 Å². The van der Waals surface area contributed by atoms with Gasteiger partial charge in [0.2, 0.25) is 5.91 Å². The standard InChI is InChI=1S/C18H33N5O2/c1-6-13(2)17-22-15(23-25-17)8-9-16(24)21-11-7-10-20-12-14(3)18(4,5)19/h6,14,20H,7-12,19H2,1-5H3,(H,21,24)/b13-6+. The summed E-state index contributed by atoms with van der Waals surface area (Å²) in [6, 6.07) is 0. The molecule has 0 aliphatic carbocycles. The number of amides is 1. The molecule has 0 bridgehead atoms. The highest BCUT2D eigenvalue weighted by Crippen LogP contribution is 2.11. The van der Waals surface area contributed by atoms with Crippen LogP contribution in [0.3, 0.4) is 0 Å². The second-order valence-electron chi connectivity index (χ2n) is 7.12. The third-order valence-corrected chi connectivity index (χ3v) is 4.39. The second kappa shape index (κ2) is 10.3. The van der Waals surface area contributed by atoms with E-state index in [0.717, 1.165) is 25.1 Å². The summed E-state index contributed by atoms with van der Waals surface area (Å²) >= 11 is 0. The molecule has 1 unspecified atom stereocenters. The Kier molecular flexibility index (Phi) is 8.78. The van der Waals surface area contributed by atoms with Gasteiger partial charge in [-0.1, -0.05) is 18.2 Å². The Labute approximate surface area is 150 Å². The molecule has 0 spiro atoms. The minimum atomic E-state index is -0.179. The smallest absolute Gasteiger partial charge is 0.253 e. The van der Waals surface area contributed by atoms with Crippen molar-refractivity contribution in [2.45, 2.75) is 59.4 Å². The van der Waals surface area contributed by atoms with Crippen LogP contribution in [0.4, 0.5) is 0 Å². The SMILES string of the molecule is C/C=C(\C)c1nc(CCC(=O)NCCCNCC(C)C(C)(C)N)no1. The van der Waals surface area contributed by atoms with Crippen molar-refractivity contribution in [1.29, 1.82) is 0 Å². The van der Waals surface area contributed by atoms with Crippen LogP contribution in [0.15, 0.2) is 10.6 Å². The predicted octanol–water partition coefficient (Wildman–Crippen LogP) is 1.89. The number of carbonyl (C=O) groups is 1. The van der Waals surface area contributed by atoms with Gasteiger partial charge in [-0.15, -0.1) is 0 Å². The van der Waals surface area contributed by atoms with E-state index in [2.05, 4.69) is 27.7 Å². The van der Waals surface area contributed by atoms with E-state index in [0.29, 0.717) is 37.0 Å². The molecule has 0 saturated heterocycles. The fraction of sp³-hybridized carbons (Fsp3) is 0.722. The van der Waals surface area contributed by atoms with Crippen molar-refractivity contribution >= 4 is 11.5 Å². The summed E-state index contributed by atoms with van der Waals surface area (Å²) in [6.45, 7) is 12.4. The van der Waals surface area contributed by atoms with Crippen LogP contribution in [-0.4, -0.2) is 41.2 Å². The van der Waals surface area contributed by atoms with Gasteiger partial charge in [0.25, 0.3) is 5.89 Å². The first-order valence-corrected chi connectivity index (χ1v) is 8.96. The van der Waals surface area contributed by atoms with E-state index in [9.17, 15) is 4.79 Å². The molecule has 1 rings (SSSR count). The maximum atomic E-state index is 11.8. The topological polar surface area (TPSA) is 106 Å².